The van der Waals surface area contributed by atoms with Crippen LogP contribution in [0.4, 0.5) is 4.39 Å². The topological polar surface area (TPSA) is 0 Å². The zero-order valence-corrected chi connectivity index (χ0v) is 7.37. The molecule has 0 N–H and O–H groups in total. The van der Waals surface area contributed by atoms with Crippen molar-refractivity contribution < 1.29 is 4.39 Å². The molecule has 0 amide bonds. The van der Waals surface area contributed by atoms with Crippen molar-refractivity contribution in [3.05, 3.63) is 42.1 Å². The molecule has 0 unspecified atom stereocenters. The Morgan fingerprint density at radius 1 is 1.18 bits per heavy atom. The second-order valence-corrected chi connectivity index (χ2v) is 3.93. The van der Waals surface area contributed by atoms with Gasteiger partial charge in [-0.15, -0.1) is 0 Å². The number of hydrogen-bond donors (Lipinski definition) is 0. The van der Waals surface area contributed by atoms with E-state index < -0.39 is 0 Å². The van der Waals surface area contributed by atoms with E-state index in [0.29, 0.717) is 6.33 Å². The van der Waals surface area contributed by atoms with Crippen molar-refractivity contribution in [3.8, 4) is 0 Å². The SMILES string of the molecule is FC=CSSc1ccccc1. The first-order valence-corrected chi connectivity index (χ1v) is 5.28. The largest absolute Gasteiger partial charge is 0.215 e. The van der Waals surface area contributed by atoms with Crippen molar-refractivity contribution >= 4 is 21.6 Å². The summed E-state index contributed by atoms with van der Waals surface area (Å²) in [7, 11) is 2.90. The minimum atomic E-state index is 0.542. The summed E-state index contributed by atoms with van der Waals surface area (Å²) < 4.78 is 11.5. The van der Waals surface area contributed by atoms with E-state index in [1.807, 2.05) is 30.3 Å². The van der Waals surface area contributed by atoms with Gasteiger partial charge in [-0.2, -0.15) is 0 Å². The van der Waals surface area contributed by atoms with Crippen LogP contribution in [0.25, 0.3) is 0 Å². The van der Waals surface area contributed by atoms with Gasteiger partial charge in [0.2, 0.25) is 0 Å². The van der Waals surface area contributed by atoms with Gasteiger partial charge in [0.1, 0.15) is 0 Å². The van der Waals surface area contributed by atoms with Gasteiger partial charge in [0.05, 0.1) is 6.33 Å². The average Bonchev–Trinajstić information content (AvgIpc) is 2.07. The van der Waals surface area contributed by atoms with Gasteiger partial charge >= 0.3 is 0 Å². The molecule has 1 aromatic rings. The molecule has 0 atom stereocenters. The van der Waals surface area contributed by atoms with Crippen LogP contribution in [0.1, 0.15) is 0 Å². The Morgan fingerprint density at radius 2 is 1.91 bits per heavy atom. The molecule has 1 rings (SSSR count). The van der Waals surface area contributed by atoms with E-state index in [4.69, 9.17) is 0 Å². The highest BCUT2D eigenvalue weighted by atomic mass is 33.1. The maximum atomic E-state index is 11.5. The van der Waals surface area contributed by atoms with E-state index in [1.54, 1.807) is 0 Å². The predicted molar refractivity (Wildman–Crippen MR) is 50.1 cm³/mol. The zero-order chi connectivity index (χ0) is 7.94. The van der Waals surface area contributed by atoms with E-state index in [0.717, 1.165) is 4.90 Å². The first-order chi connectivity index (χ1) is 5.43. The van der Waals surface area contributed by atoms with Crippen molar-refractivity contribution in [2.75, 3.05) is 0 Å². The van der Waals surface area contributed by atoms with E-state index >= 15 is 0 Å². The van der Waals surface area contributed by atoms with Crippen LogP contribution in [0.15, 0.2) is 47.0 Å². The van der Waals surface area contributed by atoms with Gasteiger partial charge in [-0.3, -0.25) is 0 Å². The molecule has 0 spiro atoms. The van der Waals surface area contributed by atoms with Crippen molar-refractivity contribution in [2.24, 2.45) is 0 Å². The third kappa shape index (κ3) is 3.49. The lowest BCUT2D eigenvalue weighted by molar-refractivity contribution is 0.724. The van der Waals surface area contributed by atoms with Crippen molar-refractivity contribution in [1.82, 2.24) is 0 Å². The lowest BCUT2D eigenvalue weighted by Crippen LogP contribution is -1.62. The molecule has 11 heavy (non-hydrogen) atoms. The lowest BCUT2D eigenvalue weighted by atomic mass is 10.4. The van der Waals surface area contributed by atoms with Crippen molar-refractivity contribution in [3.63, 3.8) is 0 Å². The Hall–Kier alpha value is -0.410. The molecule has 0 fully saturated rings. The van der Waals surface area contributed by atoms with Crippen LogP contribution < -0.4 is 0 Å². The molecule has 0 aliphatic heterocycles. The zero-order valence-electron chi connectivity index (χ0n) is 5.74. The van der Waals surface area contributed by atoms with Crippen LogP contribution >= 0.6 is 21.6 Å². The Bertz CT molecular complexity index is 221. The summed E-state index contributed by atoms with van der Waals surface area (Å²) in [6.07, 6.45) is 0.542. The van der Waals surface area contributed by atoms with Gasteiger partial charge in [-0.1, -0.05) is 39.8 Å². The molecular formula is C8H7FS2. The third-order valence-electron chi connectivity index (χ3n) is 0.995. The molecule has 0 saturated heterocycles. The maximum absolute atomic E-state index is 11.5. The monoisotopic (exact) mass is 186 g/mol. The van der Waals surface area contributed by atoms with Crippen LogP contribution in [-0.2, 0) is 0 Å². The van der Waals surface area contributed by atoms with Crippen LogP contribution in [0.5, 0.6) is 0 Å². The molecule has 58 valence electrons. The van der Waals surface area contributed by atoms with E-state index in [1.165, 1.54) is 27.0 Å². The van der Waals surface area contributed by atoms with E-state index in [9.17, 15) is 4.39 Å². The average molecular weight is 186 g/mol. The first kappa shape index (κ1) is 8.68. The highest BCUT2D eigenvalue weighted by Crippen LogP contribution is 2.31. The molecule has 0 saturated carbocycles. The quantitative estimate of drug-likeness (QED) is 0.657. The summed E-state index contributed by atoms with van der Waals surface area (Å²) in [5, 5.41) is 1.41. The van der Waals surface area contributed by atoms with Crippen LogP contribution in [0.2, 0.25) is 0 Å². The number of rotatable bonds is 3. The minimum absolute atomic E-state index is 0.542. The Labute approximate surface area is 73.3 Å². The summed E-state index contributed by atoms with van der Waals surface area (Å²) in [6, 6.07) is 9.86. The Kier molecular flexibility index (Phi) is 4.16. The summed E-state index contributed by atoms with van der Waals surface area (Å²) in [5.41, 5.74) is 0. The lowest BCUT2D eigenvalue weighted by Gasteiger charge is -1.93. The second kappa shape index (κ2) is 5.27. The van der Waals surface area contributed by atoms with Crippen LogP contribution in [0, 0.1) is 0 Å². The van der Waals surface area contributed by atoms with Crippen LogP contribution in [-0.4, -0.2) is 0 Å². The molecule has 0 radical (unpaired) electrons. The fourth-order valence-electron chi connectivity index (χ4n) is 0.580. The predicted octanol–water partition coefficient (Wildman–Crippen LogP) is 3.87. The molecular weight excluding hydrogens is 179 g/mol. The molecule has 0 aromatic heterocycles. The number of halogens is 1. The minimum Gasteiger partial charge on any atom is -0.215 e. The summed E-state index contributed by atoms with van der Waals surface area (Å²) in [5.74, 6) is 0. The molecule has 0 aliphatic carbocycles. The van der Waals surface area contributed by atoms with Crippen LogP contribution in [0.3, 0.4) is 0 Å². The maximum Gasteiger partial charge on any atom is 0.0938 e. The normalized spacial score (nSPS) is 10.6. The summed E-state index contributed by atoms with van der Waals surface area (Å²) in [4.78, 5) is 1.13. The number of benzene rings is 1. The highest BCUT2D eigenvalue weighted by molar-refractivity contribution is 8.77. The number of hydrogen-bond acceptors (Lipinski definition) is 2. The fourth-order valence-corrected chi connectivity index (χ4v) is 2.02. The Balaban J connectivity index is 2.39. The smallest absolute Gasteiger partial charge is 0.0938 e. The highest BCUT2D eigenvalue weighted by Gasteiger charge is 1.88. The van der Waals surface area contributed by atoms with Gasteiger partial charge in [-0.05, 0) is 12.1 Å². The van der Waals surface area contributed by atoms with Gasteiger partial charge in [0, 0.05) is 10.3 Å². The standard InChI is InChI=1S/C8H7FS2/c9-6-7-10-11-8-4-2-1-3-5-8/h1-7H. The van der Waals surface area contributed by atoms with E-state index in [2.05, 4.69) is 0 Å². The summed E-state index contributed by atoms with van der Waals surface area (Å²) in [6.45, 7) is 0. The molecule has 0 aliphatic rings. The molecule has 1 aromatic carbocycles. The van der Waals surface area contributed by atoms with Crippen molar-refractivity contribution in [2.45, 2.75) is 4.90 Å². The molecule has 3 heteroatoms. The van der Waals surface area contributed by atoms with Gasteiger partial charge in [0.15, 0.2) is 0 Å². The first-order valence-electron chi connectivity index (χ1n) is 3.07. The van der Waals surface area contributed by atoms with Gasteiger partial charge < -0.3 is 0 Å². The molecule has 0 bridgehead atoms. The third-order valence-corrected chi connectivity index (χ3v) is 2.97. The molecule has 0 heterocycles. The second-order valence-electron chi connectivity index (χ2n) is 1.75. The van der Waals surface area contributed by atoms with Crippen molar-refractivity contribution in [1.29, 1.82) is 0 Å². The van der Waals surface area contributed by atoms with Gasteiger partial charge in [0.25, 0.3) is 0 Å². The van der Waals surface area contributed by atoms with Gasteiger partial charge in [-0.25, -0.2) is 4.39 Å². The summed E-state index contributed by atoms with van der Waals surface area (Å²) >= 11 is 0. The Morgan fingerprint density at radius 3 is 2.55 bits per heavy atom. The molecule has 0 nitrogen and oxygen atoms in total. The fraction of sp³-hybridized carbons (Fsp3) is 0. The van der Waals surface area contributed by atoms with E-state index in [-0.39, 0.29) is 0 Å².